The van der Waals surface area contributed by atoms with Crippen molar-refractivity contribution < 1.29 is 14.3 Å². The van der Waals surface area contributed by atoms with Gasteiger partial charge in [0, 0.05) is 6.42 Å². The van der Waals surface area contributed by atoms with Gasteiger partial charge in [-0.15, -0.1) is 0 Å². The van der Waals surface area contributed by atoms with Gasteiger partial charge in [0.25, 0.3) is 0 Å². The number of unbranched alkanes of at least 4 members (excludes halogenated alkanes) is 9. The molecule has 0 aliphatic heterocycles. The van der Waals surface area contributed by atoms with Crippen molar-refractivity contribution in [1.82, 2.24) is 0 Å². The number of allylic oxidation sites excluding steroid dienone is 2. The molecule has 134 valence electrons. The summed E-state index contributed by atoms with van der Waals surface area (Å²) in [7, 11) is 0. The van der Waals surface area contributed by atoms with Crippen molar-refractivity contribution in [3.63, 3.8) is 0 Å². The van der Waals surface area contributed by atoms with E-state index in [0.29, 0.717) is 12.7 Å². The molecule has 0 aromatic rings. The van der Waals surface area contributed by atoms with Gasteiger partial charge in [-0.2, -0.15) is 0 Å². The van der Waals surface area contributed by atoms with Crippen molar-refractivity contribution in [2.45, 2.75) is 90.0 Å². The fraction of sp³-hybridized carbons (Fsp3) is 0.789. The predicted octanol–water partition coefficient (Wildman–Crippen LogP) is 4.31. The van der Waals surface area contributed by atoms with Crippen molar-refractivity contribution in [1.29, 1.82) is 0 Å². The van der Waals surface area contributed by atoms with Gasteiger partial charge in [0.2, 0.25) is 0 Å². The third-order valence-corrected chi connectivity index (χ3v) is 3.75. The molecule has 0 rings (SSSR count). The first-order chi connectivity index (χ1) is 11.2. The van der Waals surface area contributed by atoms with Gasteiger partial charge < -0.3 is 15.3 Å². The fourth-order valence-electron chi connectivity index (χ4n) is 2.29. The number of hydrogen-bond donors (Lipinski definition) is 1. The second kappa shape index (κ2) is 17.2. The zero-order chi connectivity index (χ0) is 17.2. The fourth-order valence-corrected chi connectivity index (χ4v) is 2.29. The van der Waals surface area contributed by atoms with Crippen LogP contribution in [0, 0.1) is 0 Å². The minimum atomic E-state index is -0.696. The lowest BCUT2D eigenvalue weighted by Gasteiger charge is -2.06. The maximum atomic E-state index is 11.4. The Morgan fingerprint density at radius 3 is 2.13 bits per heavy atom. The van der Waals surface area contributed by atoms with E-state index in [1.165, 1.54) is 51.4 Å². The molecule has 0 radical (unpaired) electrons. The Kier molecular flexibility index (Phi) is 16.3. The third kappa shape index (κ3) is 17.0. The first kappa shape index (κ1) is 21.8. The van der Waals surface area contributed by atoms with E-state index in [1.807, 2.05) is 0 Å². The highest BCUT2D eigenvalue weighted by molar-refractivity contribution is 5.69. The normalized spacial score (nSPS) is 12.4. The number of hydrogen-bond acceptors (Lipinski definition) is 4. The van der Waals surface area contributed by atoms with Gasteiger partial charge in [0.05, 0.1) is 6.04 Å². The first-order valence-corrected chi connectivity index (χ1v) is 9.22. The summed E-state index contributed by atoms with van der Waals surface area (Å²) in [5, 5.41) is 0. The van der Waals surface area contributed by atoms with Crippen LogP contribution in [-0.2, 0) is 14.3 Å². The lowest BCUT2D eigenvalue weighted by atomic mass is 10.1. The van der Waals surface area contributed by atoms with E-state index >= 15 is 0 Å². The highest BCUT2D eigenvalue weighted by Gasteiger charge is 2.06. The molecule has 0 aromatic heterocycles. The Hall–Kier alpha value is -1.16. The summed E-state index contributed by atoms with van der Waals surface area (Å²) in [6.45, 7) is 2.23. The summed E-state index contributed by atoms with van der Waals surface area (Å²) in [6.07, 6.45) is 18.8. The molecule has 0 spiro atoms. The van der Waals surface area contributed by atoms with Gasteiger partial charge in [0.1, 0.15) is 12.9 Å². The Labute approximate surface area is 141 Å². The topological polar surface area (TPSA) is 69.4 Å². The summed E-state index contributed by atoms with van der Waals surface area (Å²) in [5.74, 6) is -0.256. The van der Waals surface area contributed by atoms with Crippen LogP contribution in [0.4, 0.5) is 0 Å². The van der Waals surface area contributed by atoms with E-state index in [4.69, 9.17) is 10.5 Å². The number of carbonyl (C=O) groups is 2. The Balaban J connectivity index is 3.25. The molecule has 0 amide bonds. The molecular weight excluding hydrogens is 290 g/mol. The predicted molar refractivity (Wildman–Crippen MR) is 95.2 cm³/mol. The average Bonchev–Trinajstić information content (AvgIpc) is 2.56. The van der Waals surface area contributed by atoms with Crippen LogP contribution in [0.1, 0.15) is 84.0 Å². The summed E-state index contributed by atoms with van der Waals surface area (Å²) >= 11 is 0. The maximum Gasteiger partial charge on any atom is 0.305 e. The zero-order valence-corrected chi connectivity index (χ0v) is 14.8. The molecule has 4 heteroatoms. The molecule has 2 N–H and O–H groups in total. The first-order valence-electron chi connectivity index (χ1n) is 9.22. The molecule has 0 aliphatic carbocycles. The highest BCUT2D eigenvalue weighted by Crippen LogP contribution is 2.09. The second-order valence-corrected chi connectivity index (χ2v) is 6.11. The summed E-state index contributed by atoms with van der Waals surface area (Å²) in [5.41, 5.74) is 5.35. The van der Waals surface area contributed by atoms with Crippen LogP contribution in [0.15, 0.2) is 12.2 Å². The van der Waals surface area contributed by atoms with Gasteiger partial charge in [-0.25, -0.2) is 0 Å². The number of ether oxygens (including phenoxy) is 1. The van der Waals surface area contributed by atoms with Crippen LogP contribution in [0.3, 0.4) is 0 Å². The van der Waals surface area contributed by atoms with Crippen LogP contribution >= 0.6 is 0 Å². The molecular formula is C19H35NO3. The summed E-state index contributed by atoms with van der Waals surface area (Å²) < 4.78 is 4.90. The summed E-state index contributed by atoms with van der Waals surface area (Å²) in [4.78, 5) is 21.6. The number of nitrogens with two attached hydrogens (primary N) is 1. The van der Waals surface area contributed by atoms with E-state index in [0.717, 1.165) is 19.3 Å². The third-order valence-electron chi connectivity index (χ3n) is 3.75. The van der Waals surface area contributed by atoms with Crippen molar-refractivity contribution in [3.8, 4) is 0 Å². The number of rotatable bonds is 16. The van der Waals surface area contributed by atoms with Crippen molar-refractivity contribution in [2.24, 2.45) is 5.73 Å². The molecule has 0 saturated carbocycles. The SMILES string of the molecule is CCCCCC/C=C\CCCCCCCC(=O)OC[C@H](N)C=O. The summed E-state index contributed by atoms with van der Waals surface area (Å²) in [6, 6.07) is -0.696. The largest absolute Gasteiger partial charge is 0.464 e. The van der Waals surface area contributed by atoms with Crippen LogP contribution < -0.4 is 5.73 Å². The second-order valence-electron chi connectivity index (χ2n) is 6.11. The Bertz CT molecular complexity index is 316. The van der Waals surface area contributed by atoms with Gasteiger partial charge >= 0.3 is 5.97 Å². The standard InChI is InChI=1S/C19H35NO3/c1-2-3-4-5-6-7-8-9-10-11-12-13-14-15-19(22)23-17-18(20)16-21/h7-8,16,18H,2-6,9-15,17,20H2,1H3/b8-7-/t18-/m1/s1. The van der Waals surface area contributed by atoms with Crippen LogP contribution in [0.5, 0.6) is 0 Å². The van der Waals surface area contributed by atoms with E-state index in [2.05, 4.69) is 19.1 Å². The smallest absolute Gasteiger partial charge is 0.305 e. The quantitative estimate of drug-likeness (QED) is 0.199. The van der Waals surface area contributed by atoms with Crippen LogP contribution in [0.2, 0.25) is 0 Å². The van der Waals surface area contributed by atoms with Crippen LogP contribution in [-0.4, -0.2) is 24.9 Å². The molecule has 4 nitrogen and oxygen atoms in total. The van der Waals surface area contributed by atoms with E-state index in [9.17, 15) is 9.59 Å². The lowest BCUT2D eigenvalue weighted by molar-refractivity contribution is -0.144. The Morgan fingerprint density at radius 1 is 0.957 bits per heavy atom. The minimum Gasteiger partial charge on any atom is -0.464 e. The zero-order valence-electron chi connectivity index (χ0n) is 14.8. The minimum absolute atomic E-state index is 0.00683. The molecule has 0 unspecified atom stereocenters. The van der Waals surface area contributed by atoms with E-state index < -0.39 is 6.04 Å². The number of esters is 1. The molecule has 1 atom stereocenters. The van der Waals surface area contributed by atoms with Gasteiger partial charge in [0.15, 0.2) is 0 Å². The molecule has 0 saturated heterocycles. The number of aldehydes is 1. The van der Waals surface area contributed by atoms with E-state index in [1.54, 1.807) is 0 Å². The number of carbonyl (C=O) groups excluding carboxylic acids is 2. The molecule has 0 fully saturated rings. The Morgan fingerprint density at radius 2 is 1.52 bits per heavy atom. The van der Waals surface area contributed by atoms with Crippen molar-refractivity contribution in [2.75, 3.05) is 6.61 Å². The lowest BCUT2D eigenvalue weighted by Crippen LogP contribution is -2.28. The molecule has 0 aliphatic rings. The van der Waals surface area contributed by atoms with Crippen molar-refractivity contribution in [3.05, 3.63) is 12.2 Å². The molecule has 0 bridgehead atoms. The highest BCUT2D eigenvalue weighted by atomic mass is 16.5. The molecule has 0 heterocycles. The van der Waals surface area contributed by atoms with Gasteiger partial charge in [-0.05, 0) is 32.1 Å². The average molecular weight is 325 g/mol. The van der Waals surface area contributed by atoms with E-state index in [-0.39, 0.29) is 12.6 Å². The van der Waals surface area contributed by atoms with Crippen LogP contribution in [0.25, 0.3) is 0 Å². The molecule has 23 heavy (non-hydrogen) atoms. The van der Waals surface area contributed by atoms with Gasteiger partial charge in [-0.3, -0.25) is 4.79 Å². The maximum absolute atomic E-state index is 11.4. The van der Waals surface area contributed by atoms with Crippen molar-refractivity contribution >= 4 is 12.3 Å². The molecule has 0 aromatic carbocycles. The monoisotopic (exact) mass is 325 g/mol. The van der Waals surface area contributed by atoms with Gasteiger partial charge in [-0.1, -0.05) is 57.6 Å².